The Hall–Kier alpha value is -0.214. The van der Waals surface area contributed by atoms with Gasteiger partial charge in [-0.25, -0.2) is 4.98 Å². The van der Waals surface area contributed by atoms with Gasteiger partial charge in [-0.2, -0.15) is 0 Å². The van der Waals surface area contributed by atoms with Crippen LogP contribution >= 0.6 is 23.4 Å². The van der Waals surface area contributed by atoms with E-state index in [1.165, 1.54) is 18.3 Å². The van der Waals surface area contributed by atoms with Crippen molar-refractivity contribution in [2.24, 2.45) is 0 Å². The van der Waals surface area contributed by atoms with E-state index in [4.69, 9.17) is 11.6 Å². The Morgan fingerprint density at radius 3 is 2.68 bits per heavy atom. The van der Waals surface area contributed by atoms with Crippen LogP contribution in [0.4, 0.5) is 0 Å². The minimum absolute atomic E-state index is 0. The number of hydrogen-bond donors (Lipinski definition) is 0. The van der Waals surface area contributed by atoms with E-state index in [0.29, 0.717) is 5.02 Å². The van der Waals surface area contributed by atoms with E-state index >= 15 is 0 Å². The standard InChI is InChI=1S/C15H12ClNO3S.K/c16-11-4-1-3-10(7-11)8-12(18)9-21-14-13(15(19)20)5-2-6-17-14;/h1-7H,8-9H2,(H,19,20);/q;+1/p-1. The van der Waals surface area contributed by atoms with Crippen molar-refractivity contribution in [3.63, 3.8) is 0 Å². The number of hydrogen-bond acceptors (Lipinski definition) is 5. The maximum absolute atomic E-state index is 11.9. The van der Waals surface area contributed by atoms with Gasteiger partial charge in [0.2, 0.25) is 0 Å². The molecule has 0 saturated heterocycles. The van der Waals surface area contributed by atoms with Crippen molar-refractivity contribution in [3.05, 3.63) is 58.7 Å². The van der Waals surface area contributed by atoms with Crippen LogP contribution in [0.1, 0.15) is 15.9 Å². The Labute approximate surface area is 180 Å². The predicted molar refractivity (Wildman–Crippen MR) is 79.5 cm³/mol. The molecule has 0 fully saturated rings. The maximum Gasteiger partial charge on any atom is 1.00 e. The maximum atomic E-state index is 11.9. The van der Waals surface area contributed by atoms with Gasteiger partial charge in [-0.3, -0.25) is 4.79 Å². The molecule has 0 N–H and O–H groups in total. The van der Waals surface area contributed by atoms with Crippen LogP contribution in [-0.2, 0) is 11.2 Å². The molecule has 1 aromatic heterocycles. The molecule has 0 radical (unpaired) electrons. The second-order valence-electron chi connectivity index (χ2n) is 4.28. The molecule has 2 aromatic rings. The number of nitrogens with zero attached hydrogens (tertiary/aromatic N) is 1. The minimum atomic E-state index is -1.30. The van der Waals surface area contributed by atoms with Gasteiger partial charge >= 0.3 is 51.4 Å². The van der Waals surface area contributed by atoms with Crippen molar-refractivity contribution >= 4 is 35.1 Å². The fourth-order valence-corrected chi connectivity index (χ4v) is 2.79. The van der Waals surface area contributed by atoms with Crippen LogP contribution in [0.15, 0.2) is 47.6 Å². The van der Waals surface area contributed by atoms with E-state index in [2.05, 4.69) is 4.98 Å². The zero-order valence-corrected chi connectivity index (χ0v) is 16.6. The molecule has 0 unspecified atom stereocenters. The Morgan fingerprint density at radius 2 is 2.00 bits per heavy atom. The van der Waals surface area contributed by atoms with E-state index < -0.39 is 5.97 Å². The van der Waals surface area contributed by atoms with Gasteiger partial charge < -0.3 is 9.90 Å². The number of aromatic nitrogens is 1. The summed E-state index contributed by atoms with van der Waals surface area (Å²) in [7, 11) is 0. The van der Waals surface area contributed by atoms with E-state index in [1.807, 2.05) is 6.07 Å². The topological polar surface area (TPSA) is 70.1 Å². The van der Waals surface area contributed by atoms with E-state index in [0.717, 1.165) is 17.3 Å². The Balaban J connectivity index is 0.00000242. The summed E-state index contributed by atoms with van der Waals surface area (Å²) in [6, 6.07) is 10.0. The predicted octanol–water partition coefficient (Wildman–Crippen LogP) is -0.994. The smallest absolute Gasteiger partial charge is 0.545 e. The van der Waals surface area contributed by atoms with Crippen LogP contribution in [0, 0.1) is 0 Å². The third-order valence-corrected chi connectivity index (χ3v) is 3.95. The van der Waals surface area contributed by atoms with Gasteiger partial charge in [0.1, 0.15) is 10.8 Å². The Kier molecular flexibility index (Phi) is 8.85. The van der Waals surface area contributed by atoms with E-state index in [-0.39, 0.29) is 79.9 Å². The fraction of sp³-hybridized carbons (Fsp3) is 0.133. The van der Waals surface area contributed by atoms with Crippen molar-refractivity contribution in [1.82, 2.24) is 4.98 Å². The quantitative estimate of drug-likeness (QED) is 0.489. The van der Waals surface area contributed by atoms with Crippen molar-refractivity contribution in [2.75, 3.05) is 5.75 Å². The molecule has 0 bridgehead atoms. The van der Waals surface area contributed by atoms with Crippen molar-refractivity contribution in [3.8, 4) is 0 Å². The first-order chi connectivity index (χ1) is 10.1. The molecule has 0 amide bonds. The Morgan fingerprint density at radius 1 is 1.23 bits per heavy atom. The molecule has 0 saturated carbocycles. The first-order valence-corrected chi connectivity index (χ1v) is 7.48. The van der Waals surface area contributed by atoms with Gasteiger partial charge in [0.25, 0.3) is 0 Å². The largest absolute Gasteiger partial charge is 1.00 e. The summed E-state index contributed by atoms with van der Waals surface area (Å²) in [5, 5.41) is 11.8. The number of carbonyl (C=O) groups excluding carboxylic acids is 2. The third-order valence-electron chi connectivity index (χ3n) is 2.65. The first kappa shape index (κ1) is 19.8. The second kappa shape index (κ2) is 9.82. The summed E-state index contributed by atoms with van der Waals surface area (Å²) >= 11 is 6.95. The number of benzene rings is 1. The number of halogens is 1. The number of carboxylic acids is 1. The summed E-state index contributed by atoms with van der Waals surface area (Å²) in [6.45, 7) is 0. The first-order valence-electron chi connectivity index (χ1n) is 6.11. The van der Waals surface area contributed by atoms with E-state index in [1.54, 1.807) is 18.2 Å². The van der Waals surface area contributed by atoms with Gasteiger partial charge in [0.05, 0.1) is 11.7 Å². The van der Waals surface area contributed by atoms with Crippen LogP contribution in [0.2, 0.25) is 5.02 Å². The summed E-state index contributed by atoms with van der Waals surface area (Å²) in [5.74, 6) is -1.19. The molecular formula is C15H11ClKNO3S. The summed E-state index contributed by atoms with van der Waals surface area (Å²) in [6.07, 6.45) is 1.73. The Bertz CT molecular complexity index is 681. The molecule has 22 heavy (non-hydrogen) atoms. The average molecular weight is 360 g/mol. The third kappa shape index (κ3) is 6.12. The van der Waals surface area contributed by atoms with Crippen LogP contribution in [0.3, 0.4) is 0 Å². The SMILES string of the molecule is O=C(CSc1ncccc1C(=O)[O-])Cc1cccc(Cl)c1.[K+]. The summed E-state index contributed by atoms with van der Waals surface area (Å²) in [4.78, 5) is 26.8. The van der Waals surface area contributed by atoms with E-state index in [9.17, 15) is 14.7 Å². The molecular weight excluding hydrogens is 349 g/mol. The molecule has 0 spiro atoms. The number of pyridine rings is 1. The zero-order chi connectivity index (χ0) is 15.2. The number of carbonyl (C=O) groups is 2. The normalized spacial score (nSPS) is 9.86. The van der Waals surface area contributed by atoms with Crippen LogP contribution in [-0.4, -0.2) is 22.5 Å². The van der Waals surface area contributed by atoms with Crippen LogP contribution < -0.4 is 56.5 Å². The van der Waals surface area contributed by atoms with Crippen molar-refractivity contribution < 1.29 is 66.1 Å². The van der Waals surface area contributed by atoms with Gasteiger partial charge in [-0.05, 0) is 29.8 Å². The molecule has 0 aliphatic carbocycles. The van der Waals surface area contributed by atoms with Crippen LogP contribution in [0.25, 0.3) is 0 Å². The number of ketones is 1. The molecule has 0 aliphatic rings. The number of carboxylic acid groups (broad SMARTS) is 1. The summed E-state index contributed by atoms with van der Waals surface area (Å²) < 4.78 is 0. The fourth-order valence-electron chi connectivity index (χ4n) is 1.74. The van der Waals surface area contributed by atoms with Crippen molar-refractivity contribution in [2.45, 2.75) is 11.4 Å². The van der Waals surface area contributed by atoms with Gasteiger partial charge in [-0.15, -0.1) is 0 Å². The molecule has 2 rings (SSSR count). The number of rotatable bonds is 6. The van der Waals surface area contributed by atoms with Gasteiger partial charge in [0, 0.05) is 23.2 Å². The van der Waals surface area contributed by atoms with Crippen molar-refractivity contribution in [1.29, 1.82) is 0 Å². The number of aromatic carboxylic acids is 1. The number of thioether (sulfide) groups is 1. The molecule has 0 atom stereocenters. The average Bonchev–Trinajstić information content (AvgIpc) is 2.45. The zero-order valence-electron chi connectivity index (χ0n) is 11.9. The van der Waals surface area contributed by atoms with Gasteiger partial charge in [0.15, 0.2) is 0 Å². The monoisotopic (exact) mass is 359 g/mol. The minimum Gasteiger partial charge on any atom is -0.545 e. The molecule has 0 aliphatic heterocycles. The molecule has 1 heterocycles. The molecule has 7 heteroatoms. The second-order valence-corrected chi connectivity index (χ2v) is 5.68. The van der Waals surface area contributed by atoms with Crippen LogP contribution in [0.5, 0.6) is 0 Å². The summed E-state index contributed by atoms with van der Waals surface area (Å²) in [5.41, 5.74) is 0.826. The number of Topliss-reactive ketones (excluding diaryl/α,β-unsaturated/α-hetero) is 1. The molecule has 108 valence electrons. The molecule has 4 nitrogen and oxygen atoms in total. The molecule has 1 aromatic carbocycles. The van der Waals surface area contributed by atoms with Gasteiger partial charge in [-0.1, -0.05) is 35.5 Å².